The molecule has 0 aromatic carbocycles. The van der Waals surface area contributed by atoms with Crippen molar-refractivity contribution in [2.45, 2.75) is 160 Å². The Kier molecular flexibility index (Phi) is 11.1. The molecule has 5 rings (SSSR count). The van der Waals surface area contributed by atoms with Crippen LogP contribution in [0.3, 0.4) is 0 Å². The van der Waals surface area contributed by atoms with Crippen LogP contribution in [0.15, 0.2) is 11.6 Å². The fourth-order valence-corrected chi connectivity index (χ4v) is 9.90. The van der Waals surface area contributed by atoms with E-state index in [4.69, 9.17) is 0 Å². The third-order valence-electron chi connectivity index (χ3n) is 12.0. The van der Waals surface area contributed by atoms with Gasteiger partial charge < -0.3 is 10.2 Å². The first-order valence-electron chi connectivity index (χ1n) is 16.4. The van der Waals surface area contributed by atoms with Crippen molar-refractivity contribution in [1.29, 1.82) is 0 Å². The lowest BCUT2D eigenvalue weighted by atomic mass is 9.37. The maximum absolute atomic E-state index is 10.6. The summed E-state index contributed by atoms with van der Waals surface area (Å²) >= 11 is 0. The molecule has 0 aliphatic heterocycles. The third-order valence-corrected chi connectivity index (χ3v) is 12.0. The molecule has 2 N–H and O–H groups in total. The van der Waals surface area contributed by atoms with Gasteiger partial charge in [0.05, 0.1) is 12.2 Å². The molecule has 0 aromatic heterocycles. The minimum atomic E-state index is -0.118. The lowest BCUT2D eigenvalue weighted by Crippen LogP contribution is -2.61. The highest BCUT2D eigenvalue weighted by atomic mass is 16.3. The summed E-state index contributed by atoms with van der Waals surface area (Å²) in [5.41, 5.74) is 3.04. The minimum absolute atomic E-state index is 0.0925. The Bertz CT molecular complexity index is 754. The van der Waals surface area contributed by atoms with Crippen LogP contribution in [0.1, 0.15) is 147 Å². The van der Waals surface area contributed by atoms with E-state index in [0.717, 1.165) is 31.1 Å². The van der Waals surface area contributed by atoms with Gasteiger partial charge >= 0.3 is 0 Å². The molecule has 0 heterocycles. The lowest BCUT2D eigenvalue weighted by molar-refractivity contribution is -0.162. The molecule has 10 atom stereocenters. The van der Waals surface area contributed by atoms with Gasteiger partial charge in [0.2, 0.25) is 0 Å². The van der Waals surface area contributed by atoms with Gasteiger partial charge in [0.15, 0.2) is 0 Å². The van der Waals surface area contributed by atoms with Crippen LogP contribution in [0, 0.1) is 51.2 Å². The molecule has 4 saturated carbocycles. The van der Waals surface area contributed by atoms with Crippen LogP contribution < -0.4 is 0 Å². The average molecular weight is 519 g/mol. The molecule has 10 unspecified atom stereocenters. The molecular formula is C35H66O2. The van der Waals surface area contributed by atoms with Crippen LogP contribution in [0.25, 0.3) is 0 Å². The Morgan fingerprint density at radius 3 is 1.92 bits per heavy atom. The highest BCUT2D eigenvalue weighted by molar-refractivity contribution is 5.32. The monoisotopic (exact) mass is 519 g/mol. The molecule has 5 aliphatic rings. The number of allylic oxidation sites excluding steroid dienone is 2. The second-order valence-corrected chi connectivity index (χ2v) is 14.7. The van der Waals surface area contributed by atoms with Gasteiger partial charge in [0.1, 0.15) is 0 Å². The largest absolute Gasteiger partial charge is 0.393 e. The van der Waals surface area contributed by atoms with Crippen LogP contribution in [0.4, 0.5) is 0 Å². The van der Waals surface area contributed by atoms with Crippen molar-refractivity contribution in [3.63, 3.8) is 0 Å². The topological polar surface area (TPSA) is 40.5 Å². The molecule has 0 aromatic rings. The van der Waals surface area contributed by atoms with Crippen LogP contribution in [-0.2, 0) is 0 Å². The van der Waals surface area contributed by atoms with Gasteiger partial charge in [0.25, 0.3) is 0 Å². The summed E-state index contributed by atoms with van der Waals surface area (Å²) < 4.78 is 0. The van der Waals surface area contributed by atoms with E-state index in [1.807, 2.05) is 27.7 Å². The summed E-state index contributed by atoms with van der Waals surface area (Å²) in [6.45, 7) is 27.1. The molecule has 2 nitrogen and oxygen atoms in total. The molecule has 0 spiro atoms. The first kappa shape index (κ1) is 32.9. The second kappa shape index (κ2) is 12.4. The standard InChI is InChI=1S/C27H44O2.C4H10.2C2H6/c1-17-19-10-14-26(4)20-9-13-24(2)12-8-18(28)16-27(24,5)21(20)6-7-23(26)25(19,3)15-11-22(17)29;1-4(2)3;2*1-2/h6,17-20,22-23,28-29H,7-16H2,1-5H3;4H,1-3H3;2*1-2H3. The number of hydrogen-bond acceptors (Lipinski definition) is 2. The molecule has 0 bridgehead atoms. The Morgan fingerprint density at radius 1 is 0.784 bits per heavy atom. The quantitative estimate of drug-likeness (QED) is 0.313. The van der Waals surface area contributed by atoms with Crippen molar-refractivity contribution in [2.24, 2.45) is 51.2 Å². The summed E-state index contributed by atoms with van der Waals surface area (Å²) in [7, 11) is 0. The Balaban J connectivity index is 0.000000541. The van der Waals surface area contributed by atoms with Crippen molar-refractivity contribution in [3.8, 4) is 0 Å². The third kappa shape index (κ3) is 5.64. The van der Waals surface area contributed by atoms with E-state index in [0.29, 0.717) is 34.0 Å². The molecule has 0 saturated heterocycles. The number of hydrogen-bond donors (Lipinski definition) is 2. The van der Waals surface area contributed by atoms with E-state index >= 15 is 0 Å². The SMILES string of the molecule is CC.CC.CC(C)C.CC1C(O)CCC2(C)C1CCC1(C)C3CCC4(C)CCC(O)CC4(C)C3=CCC12. The molecule has 4 fully saturated rings. The number of aliphatic hydroxyl groups excluding tert-OH is 2. The summed E-state index contributed by atoms with van der Waals surface area (Å²) in [5, 5.41) is 21.2. The second-order valence-electron chi connectivity index (χ2n) is 14.7. The van der Waals surface area contributed by atoms with E-state index in [2.05, 4.69) is 61.5 Å². The van der Waals surface area contributed by atoms with Gasteiger partial charge in [-0.15, -0.1) is 0 Å². The highest BCUT2D eigenvalue weighted by Crippen LogP contribution is 2.72. The maximum Gasteiger partial charge on any atom is 0.0568 e. The van der Waals surface area contributed by atoms with Gasteiger partial charge in [-0.1, -0.05) is 94.7 Å². The fourth-order valence-electron chi connectivity index (χ4n) is 9.90. The summed E-state index contributed by atoms with van der Waals surface area (Å²) in [6, 6.07) is 0. The van der Waals surface area contributed by atoms with Crippen molar-refractivity contribution in [2.75, 3.05) is 0 Å². The molecule has 0 amide bonds. The normalized spacial score (nSPS) is 48.0. The van der Waals surface area contributed by atoms with Gasteiger partial charge in [-0.25, -0.2) is 0 Å². The molecule has 5 aliphatic carbocycles. The predicted octanol–water partition coefficient (Wildman–Crippen LogP) is 9.83. The van der Waals surface area contributed by atoms with Gasteiger partial charge in [0, 0.05) is 0 Å². The molecule has 37 heavy (non-hydrogen) atoms. The van der Waals surface area contributed by atoms with E-state index in [1.165, 1.54) is 44.9 Å². The maximum atomic E-state index is 10.6. The number of fused-ring (bicyclic) bond motifs is 7. The van der Waals surface area contributed by atoms with Crippen molar-refractivity contribution < 1.29 is 10.2 Å². The highest BCUT2D eigenvalue weighted by Gasteiger charge is 2.64. The first-order valence-corrected chi connectivity index (χ1v) is 16.4. The summed E-state index contributed by atoms with van der Waals surface area (Å²) in [4.78, 5) is 0. The van der Waals surface area contributed by atoms with Crippen LogP contribution in [0.2, 0.25) is 0 Å². The smallest absolute Gasteiger partial charge is 0.0568 e. The van der Waals surface area contributed by atoms with Crippen LogP contribution >= 0.6 is 0 Å². The van der Waals surface area contributed by atoms with Crippen molar-refractivity contribution >= 4 is 0 Å². The van der Waals surface area contributed by atoms with Gasteiger partial charge in [-0.3, -0.25) is 0 Å². The number of rotatable bonds is 0. The Labute approximate surface area is 232 Å². The predicted molar refractivity (Wildman–Crippen MR) is 162 cm³/mol. The lowest BCUT2D eigenvalue weighted by Gasteiger charge is -2.68. The number of aliphatic hydroxyl groups is 2. The van der Waals surface area contributed by atoms with E-state index < -0.39 is 0 Å². The van der Waals surface area contributed by atoms with Crippen molar-refractivity contribution in [1.82, 2.24) is 0 Å². The van der Waals surface area contributed by atoms with Gasteiger partial charge in [-0.2, -0.15) is 0 Å². The Hall–Kier alpha value is -0.340. The van der Waals surface area contributed by atoms with E-state index in [-0.39, 0.29) is 17.6 Å². The van der Waals surface area contributed by atoms with Gasteiger partial charge in [-0.05, 0) is 115 Å². The fraction of sp³-hybridized carbons (Fsp3) is 0.943. The molecular weight excluding hydrogens is 452 g/mol. The zero-order valence-corrected chi connectivity index (χ0v) is 27.1. The molecule has 2 heteroatoms. The Morgan fingerprint density at radius 2 is 1.32 bits per heavy atom. The van der Waals surface area contributed by atoms with Crippen LogP contribution in [-0.4, -0.2) is 22.4 Å². The molecule has 218 valence electrons. The van der Waals surface area contributed by atoms with Crippen LogP contribution in [0.5, 0.6) is 0 Å². The van der Waals surface area contributed by atoms with Crippen molar-refractivity contribution in [3.05, 3.63) is 11.6 Å². The molecule has 0 radical (unpaired) electrons. The first-order chi connectivity index (χ1) is 17.3. The summed E-state index contributed by atoms with van der Waals surface area (Å²) in [6.07, 6.45) is 14.3. The summed E-state index contributed by atoms with van der Waals surface area (Å²) in [5.74, 6) is 3.41. The van der Waals surface area contributed by atoms with E-state index in [1.54, 1.807) is 5.57 Å². The average Bonchev–Trinajstić information content (AvgIpc) is 2.84. The minimum Gasteiger partial charge on any atom is -0.393 e. The zero-order valence-electron chi connectivity index (χ0n) is 27.1. The zero-order chi connectivity index (χ0) is 28.4. The van der Waals surface area contributed by atoms with E-state index in [9.17, 15) is 10.2 Å².